The lowest BCUT2D eigenvalue weighted by molar-refractivity contribution is -0.128. The van der Waals surface area contributed by atoms with Gasteiger partial charge in [-0.25, -0.2) is 4.68 Å². The molecule has 1 aliphatic heterocycles. The number of amides is 1. The van der Waals surface area contributed by atoms with Crippen molar-refractivity contribution in [1.29, 1.82) is 0 Å². The van der Waals surface area contributed by atoms with E-state index in [1.807, 2.05) is 30.3 Å². The molecule has 0 aliphatic carbocycles. The maximum Gasteiger partial charge on any atom is 0.254 e. The van der Waals surface area contributed by atoms with E-state index >= 15 is 0 Å². The van der Waals surface area contributed by atoms with E-state index in [4.69, 9.17) is 4.74 Å². The lowest BCUT2D eigenvalue weighted by atomic mass is 10.3. The first kappa shape index (κ1) is 12.8. The second kappa shape index (κ2) is 5.85. The number of anilines is 1. The van der Waals surface area contributed by atoms with Gasteiger partial charge in [-0.1, -0.05) is 18.2 Å². The fourth-order valence-corrected chi connectivity index (χ4v) is 2.07. The van der Waals surface area contributed by atoms with E-state index in [1.165, 1.54) is 0 Å². The molecule has 0 saturated carbocycles. The van der Waals surface area contributed by atoms with Crippen molar-refractivity contribution in [3.05, 3.63) is 42.7 Å². The summed E-state index contributed by atoms with van der Waals surface area (Å²) in [7, 11) is 0. The topological polar surface area (TPSA) is 68.2 Å². The summed E-state index contributed by atoms with van der Waals surface area (Å²) < 4.78 is 7.12. The van der Waals surface area contributed by atoms with Gasteiger partial charge in [0.15, 0.2) is 0 Å². The molecule has 6 nitrogen and oxygen atoms in total. The van der Waals surface area contributed by atoms with E-state index in [0.29, 0.717) is 18.8 Å². The summed E-state index contributed by atoms with van der Waals surface area (Å²) in [4.78, 5) is 12.0. The summed E-state index contributed by atoms with van der Waals surface area (Å²) in [6.45, 7) is 1.88. The number of hydrogen-bond donors (Lipinski definition) is 2. The molecule has 1 aromatic heterocycles. The number of carbonyl (C=O) groups excluding carboxylic acids is 1. The maximum absolute atomic E-state index is 12.0. The molecular weight excluding hydrogens is 256 g/mol. The van der Waals surface area contributed by atoms with Gasteiger partial charge in [0.1, 0.15) is 6.10 Å². The summed E-state index contributed by atoms with van der Waals surface area (Å²) in [6.07, 6.45) is 2.97. The Labute approximate surface area is 116 Å². The van der Waals surface area contributed by atoms with Crippen LogP contribution in [0.2, 0.25) is 0 Å². The minimum atomic E-state index is -0.441. The smallest absolute Gasteiger partial charge is 0.254 e. The third-order valence-electron chi connectivity index (χ3n) is 3.09. The number of nitrogens with zero attached hydrogens (tertiary/aromatic N) is 2. The minimum Gasteiger partial charge on any atom is -0.366 e. The molecule has 0 radical (unpaired) electrons. The normalized spacial score (nSPS) is 18.7. The molecule has 104 valence electrons. The highest BCUT2D eigenvalue weighted by atomic mass is 16.5. The molecule has 3 rings (SSSR count). The molecule has 6 heteroatoms. The van der Waals surface area contributed by atoms with Gasteiger partial charge in [-0.3, -0.25) is 4.79 Å². The number of hydrogen-bond acceptors (Lipinski definition) is 4. The zero-order valence-electron chi connectivity index (χ0n) is 11.0. The van der Waals surface area contributed by atoms with Crippen molar-refractivity contribution in [1.82, 2.24) is 15.1 Å². The van der Waals surface area contributed by atoms with Crippen LogP contribution < -0.4 is 10.6 Å². The van der Waals surface area contributed by atoms with Gasteiger partial charge in [0.05, 0.1) is 30.4 Å². The Hall–Kier alpha value is -2.18. The van der Waals surface area contributed by atoms with Crippen molar-refractivity contribution >= 4 is 11.6 Å². The van der Waals surface area contributed by atoms with E-state index in [1.54, 1.807) is 17.1 Å². The van der Waals surface area contributed by atoms with Crippen molar-refractivity contribution in [3.63, 3.8) is 0 Å². The lowest BCUT2D eigenvalue weighted by Crippen LogP contribution is -2.45. The first-order valence-corrected chi connectivity index (χ1v) is 6.56. The Morgan fingerprint density at radius 1 is 1.40 bits per heavy atom. The number of nitrogens with one attached hydrogen (secondary N) is 2. The van der Waals surface area contributed by atoms with Crippen molar-refractivity contribution in [2.75, 3.05) is 25.0 Å². The number of para-hydroxylation sites is 1. The molecule has 2 N–H and O–H groups in total. The van der Waals surface area contributed by atoms with Crippen molar-refractivity contribution in [3.8, 4) is 5.69 Å². The Kier molecular flexibility index (Phi) is 3.76. The Balaban J connectivity index is 1.66. The summed E-state index contributed by atoms with van der Waals surface area (Å²) >= 11 is 0. The second-order valence-electron chi connectivity index (χ2n) is 4.56. The molecule has 0 bridgehead atoms. The number of benzene rings is 1. The fraction of sp³-hybridized carbons (Fsp3) is 0.286. The molecule has 1 aliphatic rings. The van der Waals surface area contributed by atoms with E-state index in [0.717, 1.165) is 12.2 Å². The van der Waals surface area contributed by atoms with Crippen LogP contribution in [0.15, 0.2) is 42.7 Å². The van der Waals surface area contributed by atoms with Crippen LogP contribution in [0.1, 0.15) is 0 Å². The van der Waals surface area contributed by atoms with Gasteiger partial charge in [0.2, 0.25) is 0 Å². The fourth-order valence-electron chi connectivity index (χ4n) is 2.07. The minimum absolute atomic E-state index is 0.148. The first-order chi connectivity index (χ1) is 9.83. The van der Waals surface area contributed by atoms with Crippen LogP contribution in [0.4, 0.5) is 5.69 Å². The van der Waals surface area contributed by atoms with Gasteiger partial charge in [-0.15, -0.1) is 0 Å². The van der Waals surface area contributed by atoms with Crippen molar-refractivity contribution < 1.29 is 9.53 Å². The third-order valence-corrected chi connectivity index (χ3v) is 3.09. The quantitative estimate of drug-likeness (QED) is 0.867. The Morgan fingerprint density at radius 3 is 3.00 bits per heavy atom. The van der Waals surface area contributed by atoms with E-state index < -0.39 is 6.10 Å². The second-order valence-corrected chi connectivity index (χ2v) is 4.56. The number of carbonyl (C=O) groups is 1. The third kappa shape index (κ3) is 2.87. The highest BCUT2D eigenvalue weighted by molar-refractivity contribution is 5.94. The number of rotatable bonds is 3. The molecule has 20 heavy (non-hydrogen) atoms. The number of ether oxygens (including phenoxy) is 1. The Bertz CT molecular complexity index is 576. The zero-order chi connectivity index (χ0) is 13.8. The Morgan fingerprint density at radius 2 is 2.25 bits per heavy atom. The number of aromatic nitrogens is 2. The molecule has 1 atom stereocenters. The van der Waals surface area contributed by atoms with Gasteiger partial charge in [0, 0.05) is 13.1 Å². The van der Waals surface area contributed by atoms with Crippen LogP contribution in [0.3, 0.4) is 0 Å². The maximum atomic E-state index is 12.0. The van der Waals surface area contributed by atoms with E-state index in [2.05, 4.69) is 15.7 Å². The first-order valence-electron chi connectivity index (χ1n) is 6.56. The summed E-state index contributed by atoms with van der Waals surface area (Å²) in [6, 6.07) is 9.73. The van der Waals surface area contributed by atoms with Crippen LogP contribution in [0, 0.1) is 0 Å². The lowest BCUT2D eigenvalue weighted by Gasteiger charge is -2.22. The van der Waals surface area contributed by atoms with Gasteiger partial charge < -0.3 is 15.4 Å². The molecule has 1 fully saturated rings. The largest absolute Gasteiger partial charge is 0.366 e. The molecule has 1 saturated heterocycles. The summed E-state index contributed by atoms with van der Waals surface area (Å²) in [5.74, 6) is -0.148. The average molecular weight is 272 g/mol. The van der Waals surface area contributed by atoms with Crippen molar-refractivity contribution in [2.24, 2.45) is 0 Å². The van der Waals surface area contributed by atoms with Gasteiger partial charge in [0.25, 0.3) is 5.91 Å². The van der Waals surface area contributed by atoms with Crippen LogP contribution in [-0.2, 0) is 9.53 Å². The highest BCUT2D eigenvalue weighted by Gasteiger charge is 2.22. The zero-order valence-corrected chi connectivity index (χ0v) is 11.0. The molecule has 1 aromatic carbocycles. The molecule has 0 spiro atoms. The van der Waals surface area contributed by atoms with Gasteiger partial charge in [-0.2, -0.15) is 5.10 Å². The number of morpholine rings is 1. The van der Waals surface area contributed by atoms with Crippen LogP contribution in [-0.4, -0.2) is 41.5 Å². The summed E-state index contributed by atoms with van der Waals surface area (Å²) in [5.41, 5.74) is 1.61. The van der Waals surface area contributed by atoms with Crippen LogP contribution in [0.5, 0.6) is 0 Å². The average Bonchev–Trinajstić information content (AvgIpc) is 2.97. The van der Waals surface area contributed by atoms with Crippen LogP contribution in [0.25, 0.3) is 5.69 Å². The predicted molar refractivity (Wildman–Crippen MR) is 74.8 cm³/mol. The standard InChI is InChI=1S/C14H16N4O2/c19-14(13-9-15-6-7-20-13)17-11-8-16-18(10-11)12-4-2-1-3-5-12/h1-5,8,10,13,15H,6-7,9H2,(H,17,19). The predicted octanol–water partition coefficient (Wildman–Crippen LogP) is 0.799. The molecular formula is C14H16N4O2. The van der Waals surface area contributed by atoms with Crippen LogP contribution >= 0.6 is 0 Å². The SMILES string of the molecule is O=C(Nc1cnn(-c2ccccc2)c1)C1CNCCO1. The van der Waals surface area contributed by atoms with Crippen molar-refractivity contribution in [2.45, 2.75) is 6.10 Å². The van der Waals surface area contributed by atoms with Gasteiger partial charge in [-0.05, 0) is 12.1 Å². The highest BCUT2D eigenvalue weighted by Crippen LogP contribution is 2.12. The molecule has 1 amide bonds. The molecule has 2 heterocycles. The molecule has 2 aromatic rings. The molecule has 1 unspecified atom stereocenters. The van der Waals surface area contributed by atoms with Gasteiger partial charge >= 0.3 is 0 Å². The van der Waals surface area contributed by atoms with E-state index in [-0.39, 0.29) is 5.91 Å². The van der Waals surface area contributed by atoms with E-state index in [9.17, 15) is 4.79 Å². The summed E-state index contributed by atoms with van der Waals surface area (Å²) in [5, 5.41) is 10.2. The monoisotopic (exact) mass is 272 g/mol.